The van der Waals surface area contributed by atoms with Crippen LogP contribution in [-0.4, -0.2) is 25.0 Å². The molecular formula is C12H13ClFIN2O. The molecule has 1 saturated heterocycles. The van der Waals surface area contributed by atoms with Gasteiger partial charge in [0.05, 0.1) is 5.56 Å². The number of carbonyl (C=O) groups excluding carboxylic acids is 1. The van der Waals surface area contributed by atoms with Crippen LogP contribution in [0.15, 0.2) is 18.2 Å². The zero-order valence-electron chi connectivity index (χ0n) is 9.45. The molecule has 98 valence electrons. The molecule has 2 atom stereocenters. The van der Waals surface area contributed by atoms with E-state index >= 15 is 0 Å². The number of piperidine rings is 1. The van der Waals surface area contributed by atoms with Crippen LogP contribution in [0.2, 0.25) is 0 Å². The van der Waals surface area contributed by atoms with Crippen LogP contribution in [0.25, 0.3) is 0 Å². The summed E-state index contributed by atoms with van der Waals surface area (Å²) in [6.45, 7) is 1.99. The molecule has 2 aliphatic rings. The van der Waals surface area contributed by atoms with Crippen molar-refractivity contribution in [2.24, 2.45) is 11.8 Å². The van der Waals surface area contributed by atoms with Gasteiger partial charge in [-0.2, -0.15) is 0 Å². The summed E-state index contributed by atoms with van der Waals surface area (Å²) < 4.78 is 13.6. The van der Waals surface area contributed by atoms with Gasteiger partial charge in [0.1, 0.15) is 5.82 Å². The van der Waals surface area contributed by atoms with Crippen molar-refractivity contribution in [3.8, 4) is 0 Å². The molecule has 3 rings (SSSR count). The average molecular weight is 383 g/mol. The third-order valence-electron chi connectivity index (χ3n) is 3.57. The number of benzene rings is 1. The Morgan fingerprint density at radius 3 is 2.67 bits per heavy atom. The van der Waals surface area contributed by atoms with Gasteiger partial charge in [0.25, 0.3) is 5.91 Å². The molecule has 0 spiro atoms. The molecule has 0 aromatic heterocycles. The van der Waals surface area contributed by atoms with Crippen LogP contribution in [0.4, 0.5) is 4.39 Å². The molecule has 6 heteroatoms. The SMILES string of the molecule is Cl.O=C(NC1C2CNCC21)c1ccc(F)cc1I. The van der Waals surface area contributed by atoms with Gasteiger partial charge in [-0.05, 0) is 52.6 Å². The second-order valence-corrected chi connectivity index (χ2v) is 5.77. The van der Waals surface area contributed by atoms with E-state index in [0.717, 1.165) is 13.1 Å². The molecule has 2 unspecified atom stereocenters. The smallest absolute Gasteiger partial charge is 0.252 e. The van der Waals surface area contributed by atoms with Gasteiger partial charge >= 0.3 is 0 Å². The Kier molecular flexibility index (Phi) is 4.13. The van der Waals surface area contributed by atoms with Crippen molar-refractivity contribution in [2.45, 2.75) is 6.04 Å². The minimum Gasteiger partial charge on any atom is -0.349 e. The lowest BCUT2D eigenvalue weighted by Crippen LogP contribution is -2.32. The Balaban J connectivity index is 0.00000120. The van der Waals surface area contributed by atoms with E-state index in [0.29, 0.717) is 27.0 Å². The summed E-state index contributed by atoms with van der Waals surface area (Å²) in [6, 6.07) is 4.56. The second kappa shape index (κ2) is 5.30. The van der Waals surface area contributed by atoms with Crippen LogP contribution in [0.5, 0.6) is 0 Å². The number of halogens is 3. The summed E-state index contributed by atoms with van der Waals surface area (Å²) in [6.07, 6.45) is 0. The molecule has 1 heterocycles. The van der Waals surface area contributed by atoms with Crippen molar-refractivity contribution in [1.82, 2.24) is 10.6 Å². The molecule has 3 nitrogen and oxygen atoms in total. The van der Waals surface area contributed by atoms with E-state index in [1.165, 1.54) is 12.1 Å². The normalized spacial score (nSPS) is 28.2. The molecule has 1 aromatic carbocycles. The summed E-state index contributed by atoms with van der Waals surface area (Å²) in [4.78, 5) is 12.0. The van der Waals surface area contributed by atoms with Crippen molar-refractivity contribution < 1.29 is 9.18 Å². The van der Waals surface area contributed by atoms with Crippen LogP contribution in [0.1, 0.15) is 10.4 Å². The number of rotatable bonds is 2. The number of hydrogen-bond donors (Lipinski definition) is 2. The number of hydrogen-bond acceptors (Lipinski definition) is 2. The monoisotopic (exact) mass is 382 g/mol. The van der Waals surface area contributed by atoms with Gasteiger partial charge in [-0.25, -0.2) is 4.39 Å². The Hall–Kier alpha value is -0.400. The lowest BCUT2D eigenvalue weighted by molar-refractivity contribution is 0.0945. The molecule has 0 radical (unpaired) electrons. The molecule has 0 bridgehead atoms. The number of nitrogens with one attached hydrogen (secondary N) is 2. The zero-order chi connectivity index (χ0) is 12.0. The maximum Gasteiger partial charge on any atom is 0.252 e. The quantitative estimate of drug-likeness (QED) is 0.766. The highest BCUT2D eigenvalue weighted by Crippen LogP contribution is 2.41. The van der Waals surface area contributed by atoms with Crippen molar-refractivity contribution in [3.05, 3.63) is 33.1 Å². The maximum absolute atomic E-state index is 12.9. The second-order valence-electron chi connectivity index (χ2n) is 4.61. The average Bonchev–Trinajstić information content (AvgIpc) is 2.74. The first-order valence-corrected chi connectivity index (χ1v) is 6.71. The third-order valence-corrected chi connectivity index (χ3v) is 4.46. The predicted molar refractivity (Wildman–Crippen MR) is 77.5 cm³/mol. The van der Waals surface area contributed by atoms with Crippen molar-refractivity contribution in [3.63, 3.8) is 0 Å². The van der Waals surface area contributed by atoms with Crippen LogP contribution in [-0.2, 0) is 0 Å². The lowest BCUT2D eigenvalue weighted by Gasteiger charge is -2.09. The molecule has 1 aliphatic heterocycles. The van der Waals surface area contributed by atoms with Gasteiger partial charge in [-0.3, -0.25) is 4.79 Å². The highest BCUT2D eigenvalue weighted by molar-refractivity contribution is 14.1. The van der Waals surface area contributed by atoms with Gasteiger partial charge in [0.15, 0.2) is 0 Å². The topological polar surface area (TPSA) is 41.1 Å². The summed E-state index contributed by atoms with van der Waals surface area (Å²) in [5, 5.41) is 6.31. The minimum absolute atomic E-state index is 0. The zero-order valence-corrected chi connectivity index (χ0v) is 12.4. The number of amides is 1. The van der Waals surface area contributed by atoms with E-state index in [1.807, 2.05) is 22.6 Å². The third kappa shape index (κ3) is 2.48. The van der Waals surface area contributed by atoms with Gasteiger partial charge in [-0.1, -0.05) is 0 Å². The summed E-state index contributed by atoms with van der Waals surface area (Å²) in [5.74, 6) is 0.793. The van der Waals surface area contributed by atoms with Gasteiger partial charge in [0, 0.05) is 22.7 Å². The molecule has 2 fully saturated rings. The van der Waals surface area contributed by atoms with Gasteiger partial charge < -0.3 is 10.6 Å². The first kappa shape index (κ1) is 14.0. The Bertz CT molecular complexity index is 475. The Morgan fingerprint density at radius 1 is 1.39 bits per heavy atom. The van der Waals surface area contributed by atoms with Crippen molar-refractivity contribution in [2.75, 3.05) is 13.1 Å². The summed E-state index contributed by atoms with van der Waals surface area (Å²) in [5.41, 5.74) is 0.560. The molecule has 1 amide bonds. The fourth-order valence-electron chi connectivity index (χ4n) is 2.54. The lowest BCUT2D eigenvalue weighted by atomic mass is 10.2. The van der Waals surface area contributed by atoms with E-state index in [4.69, 9.17) is 0 Å². The number of carbonyl (C=O) groups is 1. The van der Waals surface area contributed by atoms with Gasteiger partial charge in [0.2, 0.25) is 0 Å². The molecule has 18 heavy (non-hydrogen) atoms. The van der Waals surface area contributed by atoms with E-state index in [-0.39, 0.29) is 24.1 Å². The summed E-state index contributed by atoms with van der Waals surface area (Å²) >= 11 is 1.99. The van der Waals surface area contributed by atoms with Crippen LogP contribution >= 0.6 is 35.0 Å². The first-order chi connectivity index (χ1) is 8.16. The molecule has 1 aliphatic carbocycles. The Morgan fingerprint density at radius 2 is 2.06 bits per heavy atom. The van der Waals surface area contributed by atoms with E-state index < -0.39 is 0 Å². The minimum atomic E-state index is -0.307. The van der Waals surface area contributed by atoms with Crippen LogP contribution in [0.3, 0.4) is 0 Å². The fourth-order valence-corrected chi connectivity index (χ4v) is 3.26. The first-order valence-electron chi connectivity index (χ1n) is 5.63. The molecular weight excluding hydrogens is 370 g/mol. The van der Waals surface area contributed by atoms with E-state index in [1.54, 1.807) is 6.07 Å². The fraction of sp³-hybridized carbons (Fsp3) is 0.417. The predicted octanol–water partition coefficient (Wildman–Crippen LogP) is 1.80. The van der Waals surface area contributed by atoms with E-state index in [9.17, 15) is 9.18 Å². The van der Waals surface area contributed by atoms with Gasteiger partial charge in [-0.15, -0.1) is 12.4 Å². The molecule has 1 saturated carbocycles. The largest absolute Gasteiger partial charge is 0.349 e. The van der Waals surface area contributed by atoms with Crippen LogP contribution in [0, 0.1) is 21.2 Å². The van der Waals surface area contributed by atoms with Crippen molar-refractivity contribution >= 4 is 40.9 Å². The highest BCUT2D eigenvalue weighted by atomic mass is 127. The summed E-state index contributed by atoms with van der Waals surface area (Å²) in [7, 11) is 0. The molecule has 2 N–H and O–H groups in total. The standard InChI is InChI=1S/C12H12FIN2O.ClH/c13-6-1-2-7(10(14)3-6)12(17)16-11-8-4-15-5-9(8)11;/h1-3,8-9,11,15H,4-5H2,(H,16,17);1H. The van der Waals surface area contributed by atoms with Crippen LogP contribution < -0.4 is 10.6 Å². The van der Waals surface area contributed by atoms with E-state index in [2.05, 4.69) is 10.6 Å². The Labute approximate surface area is 124 Å². The highest BCUT2D eigenvalue weighted by Gasteiger charge is 2.53. The van der Waals surface area contributed by atoms with Crippen molar-refractivity contribution in [1.29, 1.82) is 0 Å². The molecule has 1 aromatic rings. The maximum atomic E-state index is 12.9. The number of fused-ring (bicyclic) bond motifs is 1.